The normalized spacial score (nSPS) is 10.3. The lowest BCUT2D eigenvalue weighted by atomic mass is 10.2. The van der Waals surface area contributed by atoms with Gasteiger partial charge < -0.3 is 10.4 Å². The van der Waals surface area contributed by atoms with Crippen LogP contribution in [-0.2, 0) is 0 Å². The second-order valence-electron chi connectivity index (χ2n) is 3.93. The summed E-state index contributed by atoms with van der Waals surface area (Å²) in [6.45, 7) is 1.81. The lowest BCUT2D eigenvalue weighted by Crippen LogP contribution is -2.05. The van der Waals surface area contributed by atoms with Gasteiger partial charge in [0.1, 0.15) is 5.56 Å². The molecular weight excluding hydrogens is 379 g/mol. The Balaban J connectivity index is 2.42. The van der Waals surface area contributed by atoms with E-state index in [4.69, 9.17) is 16.7 Å². The van der Waals surface area contributed by atoms with Gasteiger partial charge in [0.05, 0.1) is 11.4 Å². The summed E-state index contributed by atoms with van der Waals surface area (Å²) in [5.41, 5.74) is 2.20. The van der Waals surface area contributed by atoms with Crippen molar-refractivity contribution in [2.75, 3.05) is 5.32 Å². The van der Waals surface area contributed by atoms with Gasteiger partial charge in [0.15, 0.2) is 0 Å². The van der Waals surface area contributed by atoms with Crippen LogP contribution in [0, 0.1) is 10.5 Å². The zero-order chi connectivity index (χ0) is 14.0. The first-order valence-electron chi connectivity index (χ1n) is 5.39. The van der Waals surface area contributed by atoms with Crippen LogP contribution in [0.25, 0.3) is 0 Å². The molecular formula is C13H10ClIN2O2. The van der Waals surface area contributed by atoms with E-state index in [1.807, 2.05) is 13.0 Å². The number of carbonyl (C=O) groups is 1. The first kappa shape index (κ1) is 14.1. The van der Waals surface area contributed by atoms with Crippen molar-refractivity contribution >= 4 is 51.5 Å². The topological polar surface area (TPSA) is 62.2 Å². The van der Waals surface area contributed by atoms with Crippen LogP contribution in [0.15, 0.2) is 30.5 Å². The summed E-state index contributed by atoms with van der Waals surface area (Å²) in [7, 11) is 0. The van der Waals surface area contributed by atoms with Crippen LogP contribution in [0.3, 0.4) is 0 Å². The van der Waals surface area contributed by atoms with Crippen molar-refractivity contribution in [2.24, 2.45) is 0 Å². The molecule has 0 spiro atoms. The maximum Gasteiger partial charge on any atom is 0.339 e. The molecule has 0 radical (unpaired) electrons. The summed E-state index contributed by atoms with van der Waals surface area (Å²) >= 11 is 8.03. The number of hydrogen-bond acceptors (Lipinski definition) is 3. The lowest BCUT2D eigenvalue weighted by Gasteiger charge is -2.12. The number of carboxylic acid groups (broad SMARTS) is 1. The number of nitrogens with one attached hydrogen (secondary N) is 1. The van der Waals surface area contributed by atoms with Crippen LogP contribution in [0.4, 0.5) is 11.4 Å². The highest BCUT2D eigenvalue weighted by Gasteiger charge is 2.12. The fraction of sp³-hybridized carbons (Fsp3) is 0.0769. The number of anilines is 2. The van der Waals surface area contributed by atoms with Crippen LogP contribution in [0.2, 0.25) is 5.02 Å². The van der Waals surface area contributed by atoms with E-state index >= 15 is 0 Å². The molecule has 0 unspecified atom stereocenters. The van der Waals surface area contributed by atoms with Crippen molar-refractivity contribution < 1.29 is 9.90 Å². The molecule has 2 rings (SSSR count). The summed E-state index contributed by atoms with van der Waals surface area (Å²) < 4.78 is 0.913. The molecule has 1 heterocycles. The summed E-state index contributed by atoms with van der Waals surface area (Å²) in [5.74, 6) is -1.01. The molecule has 0 aliphatic carbocycles. The molecule has 0 saturated heterocycles. The minimum Gasteiger partial charge on any atom is -0.478 e. The highest BCUT2D eigenvalue weighted by atomic mass is 127. The van der Waals surface area contributed by atoms with Crippen molar-refractivity contribution in [3.05, 3.63) is 50.3 Å². The molecule has 2 aromatic rings. The van der Waals surface area contributed by atoms with Gasteiger partial charge in [0.2, 0.25) is 0 Å². The Morgan fingerprint density at radius 3 is 2.74 bits per heavy atom. The number of pyridine rings is 1. The fourth-order valence-corrected chi connectivity index (χ4v) is 2.58. The number of carboxylic acids is 1. The quantitative estimate of drug-likeness (QED) is 0.778. The molecule has 4 nitrogen and oxygen atoms in total. The fourth-order valence-electron chi connectivity index (χ4n) is 1.57. The third-order valence-corrected chi connectivity index (χ3v) is 3.60. The summed E-state index contributed by atoms with van der Waals surface area (Å²) in [6, 6.07) is 7.07. The zero-order valence-electron chi connectivity index (χ0n) is 9.95. The van der Waals surface area contributed by atoms with Crippen molar-refractivity contribution in [3.8, 4) is 0 Å². The molecule has 0 aliphatic rings. The molecule has 0 atom stereocenters. The van der Waals surface area contributed by atoms with Gasteiger partial charge >= 0.3 is 5.97 Å². The maximum atomic E-state index is 11.2. The molecule has 0 bridgehead atoms. The van der Waals surface area contributed by atoms with Crippen molar-refractivity contribution in [1.29, 1.82) is 0 Å². The Hall–Kier alpha value is -1.34. The standard InChI is InChI=1S/C13H10ClIN2O2/c1-7-4-12(9(6-16-7)13(18)19)17-11-3-2-8(14)5-10(11)15/h2-6H,1H3,(H,16,17)(H,18,19). The van der Waals surface area contributed by atoms with Gasteiger partial charge in [0.25, 0.3) is 0 Å². The van der Waals surface area contributed by atoms with Crippen LogP contribution in [-0.4, -0.2) is 16.1 Å². The Labute approximate surface area is 129 Å². The Morgan fingerprint density at radius 1 is 1.37 bits per heavy atom. The average Bonchev–Trinajstić information content (AvgIpc) is 2.32. The second kappa shape index (κ2) is 5.75. The number of rotatable bonds is 3. The van der Waals surface area contributed by atoms with Gasteiger partial charge in [0, 0.05) is 20.5 Å². The highest BCUT2D eigenvalue weighted by Crippen LogP contribution is 2.27. The van der Waals surface area contributed by atoms with Gasteiger partial charge in [-0.1, -0.05) is 11.6 Å². The molecule has 0 fully saturated rings. The smallest absolute Gasteiger partial charge is 0.339 e. The highest BCUT2D eigenvalue weighted by molar-refractivity contribution is 14.1. The first-order chi connectivity index (χ1) is 8.97. The van der Waals surface area contributed by atoms with E-state index in [1.54, 1.807) is 18.2 Å². The minimum absolute atomic E-state index is 0.136. The van der Waals surface area contributed by atoms with Gasteiger partial charge in [-0.2, -0.15) is 0 Å². The van der Waals surface area contributed by atoms with E-state index in [-0.39, 0.29) is 5.56 Å². The average molecular weight is 389 g/mol. The Bertz CT molecular complexity index is 647. The molecule has 1 aromatic heterocycles. The van der Waals surface area contributed by atoms with Gasteiger partial charge in [-0.15, -0.1) is 0 Å². The third kappa shape index (κ3) is 3.36. The van der Waals surface area contributed by atoms with Crippen molar-refractivity contribution in [3.63, 3.8) is 0 Å². The first-order valence-corrected chi connectivity index (χ1v) is 6.85. The SMILES string of the molecule is Cc1cc(Nc2ccc(Cl)cc2I)c(C(=O)O)cn1. The van der Waals surface area contributed by atoms with Gasteiger partial charge in [-0.25, -0.2) is 4.79 Å². The van der Waals surface area contributed by atoms with Crippen molar-refractivity contribution in [2.45, 2.75) is 6.92 Å². The van der Waals surface area contributed by atoms with Crippen LogP contribution >= 0.6 is 34.2 Å². The van der Waals surface area contributed by atoms with Crippen LogP contribution in [0.5, 0.6) is 0 Å². The molecule has 0 amide bonds. The predicted octanol–water partition coefficient (Wildman–Crippen LogP) is 4.09. The van der Waals surface area contributed by atoms with Gasteiger partial charge in [-0.05, 0) is 53.8 Å². The van der Waals surface area contributed by atoms with Crippen LogP contribution in [0.1, 0.15) is 16.1 Å². The van der Waals surface area contributed by atoms with E-state index in [9.17, 15) is 4.79 Å². The zero-order valence-corrected chi connectivity index (χ0v) is 12.9. The minimum atomic E-state index is -1.01. The van der Waals surface area contributed by atoms with Crippen molar-refractivity contribution in [1.82, 2.24) is 4.98 Å². The largest absolute Gasteiger partial charge is 0.478 e. The molecule has 19 heavy (non-hydrogen) atoms. The van der Waals surface area contributed by atoms with Gasteiger partial charge in [-0.3, -0.25) is 4.98 Å². The molecule has 0 saturated carbocycles. The number of hydrogen-bond donors (Lipinski definition) is 2. The molecule has 6 heteroatoms. The molecule has 98 valence electrons. The van der Waals surface area contributed by atoms with E-state index < -0.39 is 5.97 Å². The molecule has 1 aromatic carbocycles. The van der Waals surface area contributed by atoms with E-state index in [2.05, 4.69) is 32.9 Å². The molecule has 0 aliphatic heterocycles. The van der Waals surface area contributed by atoms with E-state index in [0.717, 1.165) is 15.0 Å². The number of halogens is 2. The number of aryl methyl sites for hydroxylation is 1. The second-order valence-corrected chi connectivity index (χ2v) is 5.52. The monoisotopic (exact) mass is 388 g/mol. The number of aromatic nitrogens is 1. The molecule has 2 N–H and O–H groups in total. The third-order valence-electron chi connectivity index (χ3n) is 2.47. The van der Waals surface area contributed by atoms with E-state index in [1.165, 1.54) is 6.20 Å². The van der Waals surface area contributed by atoms with Crippen LogP contribution < -0.4 is 5.32 Å². The number of benzene rings is 1. The maximum absolute atomic E-state index is 11.2. The Morgan fingerprint density at radius 2 is 2.11 bits per heavy atom. The summed E-state index contributed by atoms with van der Waals surface area (Å²) in [4.78, 5) is 15.2. The predicted molar refractivity (Wildman–Crippen MR) is 83.4 cm³/mol. The van der Waals surface area contributed by atoms with E-state index in [0.29, 0.717) is 10.7 Å². The summed E-state index contributed by atoms with van der Waals surface area (Å²) in [5, 5.41) is 12.9. The summed E-state index contributed by atoms with van der Waals surface area (Å²) in [6.07, 6.45) is 1.35. The lowest BCUT2D eigenvalue weighted by molar-refractivity contribution is 0.0697. The number of nitrogens with zero attached hydrogens (tertiary/aromatic N) is 1. The Kier molecular flexibility index (Phi) is 4.26. The number of aromatic carboxylic acids is 1.